The Bertz CT molecular complexity index is 399. The third kappa shape index (κ3) is 2.21. The Morgan fingerprint density at radius 1 is 1.73 bits per heavy atom. The fourth-order valence-corrected chi connectivity index (χ4v) is 1.93. The summed E-state index contributed by atoms with van der Waals surface area (Å²) in [5.74, 6) is 0.625. The Labute approximate surface area is 96.0 Å². The minimum Gasteiger partial charge on any atom is -0.364 e. The summed E-state index contributed by atoms with van der Waals surface area (Å²) in [7, 11) is 0. The highest BCUT2D eigenvalue weighted by molar-refractivity contribution is 9.10. The molecule has 1 fully saturated rings. The Morgan fingerprint density at radius 3 is 3.13 bits per heavy atom. The van der Waals surface area contributed by atoms with Gasteiger partial charge in [-0.05, 0) is 22.5 Å². The predicted octanol–water partition coefficient (Wildman–Crippen LogP) is 0.648. The van der Waals surface area contributed by atoms with Gasteiger partial charge in [0, 0.05) is 13.1 Å². The van der Waals surface area contributed by atoms with E-state index in [-0.39, 0.29) is 5.56 Å². The SMILES string of the molecule is CCN1CC(Nc2nc[nH]c(=O)c2Br)C1. The molecule has 0 aliphatic carbocycles. The van der Waals surface area contributed by atoms with Crippen LogP contribution in [0.4, 0.5) is 5.82 Å². The Kier molecular flexibility index (Phi) is 3.06. The molecule has 1 aromatic rings. The molecule has 0 aromatic carbocycles. The average molecular weight is 273 g/mol. The quantitative estimate of drug-likeness (QED) is 0.848. The summed E-state index contributed by atoms with van der Waals surface area (Å²) < 4.78 is 0.472. The predicted molar refractivity (Wildman–Crippen MR) is 62.1 cm³/mol. The van der Waals surface area contributed by atoms with Crippen LogP contribution in [0.25, 0.3) is 0 Å². The van der Waals surface area contributed by atoms with Crippen LogP contribution in [0, 0.1) is 0 Å². The van der Waals surface area contributed by atoms with Gasteiger partial charge in [0.1, 0.15) is 10.3 Å². The summed E-state index contributed by atoms with van der Waals surface area (Å²) in [5, 5.41) is 3.23. The average Bonchev–Trinajstić information content (AvgIpc) is 2.17. The van der Waals surface area contributed by atoms with Gasteiger partial charge in [-0.3, -0.25) is 9.69 Å². The van der Waals surface area contributed by atoms with Crippen molar-refractivity contribution >= 4 is 21.7 Å². The molecule has 0 bridgehead atoms. The first-order valence-corrected chi connectivity index (χ1v) is 5.72. The maximum Gasteiger partial charge on any atom is 0.267 e. The first kappa shape index (κ1) is 10.6. The zero-order chi connectivity index (χ0) is 10.8. The first-order valence-electron chi connectivity index (χ1n) is 4.92. The van der Waals surface area contributed by atoms with Crippen molar-refractivity contribution in [3.8, 4) is 0 Å². The van der Waals surface area contributed by atoms with Crippen LogP contribution in [0.3, 0.4) is 0 Å². The Hall–Kier alpha value is -0.880. The van der Waals surface area contributed by atoms with Gasteiger partial charge in [-0.2, -0.15) is 0 Å². The second kappa shape index (κ2) is 4.32. The van der Waals surface area contributed by atoms with Crippen molar-refractivity contribution in [1.29, 1.82) is 0 Å². The maximum absolute atomic E-state index is 11.3. The number of nitrogens with zero attached hydrogens (tertiary/aromatic N) is 2. The fourth-order valence-electron chi connectivity index (χ4n) is 1.60. The highest BCUT2D eigenvalue weighted by Crippen LogP contribution is 2.17. The number of likely N-dealkylation sites (N-methyl/N-ethyl adjacent to an activating group) is 1. The highest BCUT2D eigenvalue weighted by Gasteiger charge is 2.25. The van der Waals surface area contributed by atoms with E-state index in [0.29, 0.717) is 16.3 Å². The molecular formula is C9H13BrN4O. The van der Waals surface area contributed by atoms with E-state index >= 15 is 0 Å². The van der Waals surface area contributed by atoms with Crippen LogP contribution in [0.15, 0.2) is 15.6 Å². The molecule has 0 saturated carbocycles. The molecule has 2 heterocycles. The van der Waals surface area contributed by atoms with Gasteiger partial charge in [-0.25, -0.2) is 4.98 Å². The van der Waals surface area contributed by atoms with Crippen LogP contribution < -0.4 is 10.9 Å². The largest absolute Gasteiger partial charge is 0.364 e. The normalized spacial score (nSPS) is 17.5. The van der Waals surface area contributed by atoms with Gasteiger partial charge in [0.25, 0.3) is 5.56 Å². The fraction of sp³-hybridized carbons (Fsp3) is 0.556. The number of hydrogen-bond acceptors (Lipinski definition) is 4. The number of hydrogen-bond donors (Lipinski definition) is 2. The van der Waals surface area contributed by atoms with Crippen LogP contribution in [0.2, 0.25) is 0 Å². The lowest BCUT2D eigenvalue weighted by Crippen LogP contribution is -2.54. The van der Waals surface area contributed by atoms with Crippen LogP contribution in [0.1, 0.15) is 6.92 Å². The molecule has 82 valence electrons. The van der Waals surface area contributed by atoms with Crippen molar-refractivity contribution < 1.29 is 0 Å². The van der Waals surface area contributed by atoms with E-state index in [1.807, 2.05) is 0 Å². The molecule has 5 nitrogen and oxygen atoms in total. The lowest BCUT2D eigenvalue weighted by atomic mass is 10.1. The minimum absolute atomic E-state index is 0.154. The molecule has 1 aliphatic rings. The molecule has 1 aromatic heterocycles. The lowest BCUT2D eigenvalue weighted by Gasteiger charge is -2.39. The minimum atomic E-state index is -0.154. The van der Waals surface area contributed by atoms with Gasteiger partial charge in [-0.1, -0.05) is 6.92 Å². The topological polar surface area (TPSA) is 61.0 Å². The summed E-state index contributed by atoms with van der Waals surface area (Å²) in [4.78, 5) is 20.2. The van der Waals surface area contributed by atoms with Gasteiger partial charge in [0.2, 0.25) is 0 Å². The van der Waals surface area contributed by atoms with Gasteiger partial charge in [0.15, 0.2) is 0 Å². The van der Waals surface area contributed by atoms with Crippen LogP contribution in [0.5, 0.6) is 0 Å². The summed E-state index contributed by atoms with van der Waals surface area (Å²) in [6, 6.07) is 0.399. The van der Waals surface area contributed by atoms with E-state index in [2.05, 4.69) is 43.0 Å². The Morgan fingerprint density at radius 2 is 2.47 bits per heavy atom. The third-order valence-electron chi connectivity index (χ3n) is 2.54. The number of anilines is 1. The van der Waals surface area contributed by atoms with Crippen molar-refractivity contribution in [3.05, 3.63) is 21.2 Å². The van der Waals surface area contributed by atoms with Gasteiger partial charge >= 0.3 is 0 Å². The van der Waals surface area contributed by atoms with Crippen molar-refractivity contribution in [1.82, 2.24) is 14.9 Å². The van der Waals surface area contributed by atoms with E-state index in [1.54, 1.807) is 0 Å². The van der Waals surface area contributed by atoms with E-state index in [0.717, 1.165) is 19.6 Å². The molecule has 6 heteroatoms. The molecule has 1 saturated heterocycles. The molecule has 2 rings (SSSR count). The van der Waals surface area contributed by atoms with Crippen LogP contribution in [-0.2, 0) is 0 Å². The highest BCUT2D eigenvalue weighted by atomic mass is 79.9. The number of nitrogens with one attached hydrogen (secondary N) is 2. The van der Waals surface area contributed by atoms with E-state index in [1.165, 1.54) is 6.33 Å². The zero-order valence-electron chi connectivity index (χ0n) is 8.46. The summed E-state index contributed by atoms with van der Waals surface area (Å²) >= 11 is 3.21. The molecular weight excluding hydrogens is 260 g/mol. The first-order chi connectivity index (χ1) is 7.20. The number of aromatic amines is 1. The van der Waals surface area contributed by atoms with E-state index in [4.69, 9.17) is 0 Å². The van der Waals surface area contributed by atoms with Gasteiger partial charge in [0.05, 0.1) is 12.4 Å². The standard InChI is InChI=1S/C9H13BrN4O/c1-2-14-3-6(4-14)13-8-7(10)9(15)12-5-11-8/h5-6H,2-4H2,1H3,(H2,11,12,13,15). The monoisotopic (exact) mass is 272 g/mol. The molecule has 0 spiro atoms. The number of likely N-dealkylation sites (tertiary alicyclic amines) is 1. The molecule has 0 unspecified atom stereocenters. The van der Waals surface area contributed by atoms with Gasteiger partial charge < -0.3 is 10.3 Å². The molecule has 0 radical (unpaired) electrons. The molecule has 15 heavy (non-hydrogen) atoms. The van der Waals surface area contributed by atoms with Crippen LogP contribution >= 0.6 is 15.9 Å². The number of rotatable bonds is 3. The van der Waals surface area contributed by atoms with Crippen LogP contribution in [-0.4, -0.2) is 40.5 Å². The number of halogens is 1. The third-order valence-corrected chi connectivity index (χ3v) is 3.28. The molecule has 2 N–H and O–H groups in total. The molecule has 0 atom stereocenters. The molecule has 0 amide bonds. The smallest absolute Gasteiger partial charge is 0.267 e. The molecule has 1 aliphatic heterocycles. The van der Waals surface area contributed by atoms with E-state index in [9.17, 15) is 4.79 Å². The van der Waals surface area contributed by atoms with Crippen molar-refractivity contribution in [2.45, 2.75) is 13.0 Å². The zero-order valence-corrected chi connectivity index (χ0v) is 10.0. The summed E-state index contributed by atoms with van der Waals surface area (Å²) in [6.07, 6.45) is 1.41. The Balaban J connectivity index is 2.00. The van der Waals surface area contributed by atoms with Gasteiger partial charge in [-0.15, -0.1) is 0 Å². The maximum atomic E-state index is 11.3. The summed E-state index contributed by atoms with van der Waals surface area (Å²) in [5.41, 5.74) is -0.154. The van der Waals surface area contributed by atoms with Crippen molar-refractivity contribution in [2.75, 3.05) is 25.0 Å². The van der Waals surface area contributed by atoms with E-state index < -0.39 is 0 Å². The number of aromatic nitrogens is 2. The lowest BCUT2D eigenvalue weighted by molar-refractivity contribution is 0.171. The summed E-state index contributed by atoms with van der Waals surface area (Å²) in [6.45, 7) is 5.23. The van der Waals surface area contributed by atoms with Crippen molar-refractivity contribution in [2.24, 2.45) is 0 Å². The second-order valence-electron chi connectivity index (χ2n) is 3.59. The second-order valence-corrected chi connectivity index (χ2v) is 4.38. The number of H-pyrrole nitrogens is 1. The van der Waals surface area contributed by atoms with Crippen molar-refractivity contribution in [3.63, 3.8) is 0 Å².